The summed E-state index contributed by atoms with van der Waals surface area (Å²) >= 11 is 0.802. The average Bonchev–Trinajstić information content (AvgIpc) is 3.47. The summed E-state index contributed by atoms with van der Waals surface area (Å²) in [6.45, 7) is 1.51. The van der Waals surface area contributed by atoms with Crippen molar-refractivity contribution in [1.29, 1.82) is 0 Å². The molecular formula is C21H17F4N5OS. The van der Waals surface area contributed by atoms with Crippen LogP contribution < -0.4 is 11.3 Å². The van der Waals surface area contributed by atoms with Crippen molar-refractivity contribution < 1.29 is 17.6 Å². The molecule has 3 aromatic rings. The van der Waals surface area contributed by atoms with E-state index in [0.717, 1.165) is 24.0 Å². The minimum atomic E-state index is -2.67. The number of benzene rings is 1. The van der Waals surface area contributed by atoms with Crippen molar-refractivity contribution >= 4 is 28.0 Å². The Kier molecular flexibility index (Phi) is 4.59. The lowest BCUT2D eigenvalue weighted by atomic mass is 9.84. The normalized spacial score (nSPS) is 26.8. The zero-order valence-corrected chi connectivity index (χ0v) is 17.5. The molecule has 0 bridgehead atoms. The highest BCUT2D eigenvalue weighted by Gasteiger charge is 2.71. The SMILES string of the molecule is C[C@]1(c2cc(Cc3nccc4[nH]c(=O)cnc34)cc(F)c2F)N=C(N)S[C@@]2(C(F)F)C[C@@H]12. The van der Waals surface area contributed by atoms with E-state index in [1.165, 1.54) is 19.2 Å². The van der Waals surface area contributed by atoms with Crippen LogP contribution in [0.2, 0.25) is 0 Å². The number of aliphatic imine (C=N–C) groups is 1. The molecule has 11 heteroatoms. The molecule has 1 fully saturated rings. The summed E-state index contributed by atoms with van der Waals surface area (Å²) in [6, 6.07) is 4.04. The lowest BCUT2D eigenvalue weighted by molar-refractivity contribution is 0.123. The van der Waals surface area contributed by atoms with E-state index in [1.807, 2.05) is 0 Å². The Morgan fingerprint density at radius 2 is 2.09 bits per heavy atom. The maximum absolute atomic E-state index is 14.9. The molecule has 0 amide bonds. The van der Waals surface area contributed by atoms with Crippen LogP contribution in [-0.4, -0.2) is 31.3 Å². The molecule has 3 atom stereocenters. The fourth-order valence-electron chi connectivity index (χ4n) is 4.57. The third kappa shape index (κ3) is 3.09. The van der Waals surface area contributed by atoms with E-state index in [0.29, 0.717) is 22.3 Å². The number of alkyl halides is 2. The Labute approximate surface area is 183 Å². The van der Waals surface area contributed by atoms with Gasteiger partial charge in [-0.25, -0.2) is 22.5 Å². The number of hydrogen-bond donors (Lipinski definition) is 2. The number of amidine groups is 1. The zero-order chi connectivity index (χ0) is 22.8. The summed E-state index contributed by atoms with van der Waals surface area (Å²) in [6.07, 6.45) is 0.0928. The van der Waals surface area contributed by atoms with Crippen LogP contribution in [0.25, 0.3) is 11.0 Å². The molecule has 0 spiro atoms. The van der Waals surface area contributed by atoms with Crippen LogP contribution in [0.4, 0.5) is 17.6 Å². The molecule has 1 aliphatic heterocycles. The molecule has 5 rings (SSSR count). The van der Waals surface area contributed by atoms with Gasteiger partial charge in [-0.15, -0.1) is 0 Å². The van der Waals surface area contributed by atoms with Gasteiger partial charge in [0.1, 0.15) is 5.52 Å². The number of nitrogens with two attached hydrogens (primary N) is 1. The van der Waals surface area contributed by atoms with Gasteiger partial charge in [0.25, 0.3) is 12.0 Å². The first kappa shape index (κ1) is 20.9. The van der Waals surface area contributed by atoms with Gasteiger partial charge in [0, 0.05) is 24.1 Å². The number of rotatable bonds is 4. The highest BCUT2D eigenvalue weighted by atomic mass is 32.2. The van der Waals surface area contributed by atoms with E-state index >= 15 is 0 Å². The van der Waals surface area contributed by atoms with Crippen molar-refractivity contribution in [2.24, 2.45) is 16.6 Å². The molecule has 166 valence electrons. The lowest BCUT2D eigenvalue weighted by Gasteiger charge is -2.34. The molecular weight excluding hydrogens is 446 g/mol. The number of nitrogens with zero attached hydrogens (tertiary/aromatic N) is 3. The number of halogens is 4. The number of H-pyrrole nitrogens is 1. The van der Waals surface area contributed by atoms with Crippen LogP contribution in [0, 0.1) is 17.6 Å². The highest BCUT2D eigenvalue weighted by molar-refractivity contribution is 8.15. The van der Waals surface area contributed by atoms with Gasteiger partial charge in [-0.05, 0) is 37.1 Å². The molecule has 0 saturated heterocycles. The highest BCUT2D eigenvalue weighted by Crippen LogP contribution is 2.68. The molecule has 0 unspecified atom stereocenters. The number of aromatic amines is 1. The summed E-state index contributed by atoms with van der Waals surface area (Å²) in [7, 11) is 0. The quantitative estimate of drug-likeness (QED) is 0.578. The van der Waals surface area contributed by atoms with Crippen molar-refractivity contribution in [1.82, 2.24) is 15.0 Å². The predicted octanol–water partition coefficient (Wildman–Crippen LogP) is 3.49. The van der Waals surface area contributed by atoms with Gasteiger partial charge in [0.2, 0.25) is 0 Å². The van der Waals surface area contributed by atoms with Gasteiger partial charge in [0.05, 0.1) is 27.7 Å². The smallest absolute Gasteiger partial charge is 0.266 e. The molecule has 1 aromatic carbocycles. The van der Waals surface area contributed by atoms with E-state index in [-0.39, 0.29) is 29.1 Å². The minimum Gasteiger partial charge on any atom is -0.378 e. The summed E-state index contributed by atoms with van der Waals surface area (Å²) in [5, 5.41) is -0.0735. The Morgan fingerprint density at radius 1 is 1.31 bits per heavy atom. The molecule has 2 aromatic heterocycles. The van der Waals surface area contributed by atoms with Gasteiger partial charge in [-0.3, -0.25) is 14.8 Å². The van der Waals surface area contributed by atoms with Gasteiger partial charge in [-0.2, -0.15) is 0 Å². The van der Waals surface area contributed by atoms with Crippen LogP contribution in [0.3, 0.4) is 0 Å². The molecule has 0 radical (unpaired) electrons. The van der Waals surface area contributed by atoms with Gasteiger partial charge in [-0.1, -0.05) is 11.8 Å². The van der Waals surface area contributed by atoms with E-state index in [2.05, 4.69) is 19.9 Å². The molecule has 2 aliphatic rings. The molecule has 1 aliphatic carbocycles. The van der Waals surface area contributed by atoms with E-state index in [9.17, 15) is 22.4 Å². The third-order valence-electron chi connectivity index (χ3n) is 6.21. The van der Waals surface area contributed by atoms with Crippen molar-refractivity contribution in [3.63, 3.8) is 0 Å². The maximum atomic E-state index is 14.9. The second-order valence-electron chi connectivity index (χ2n) is 8.23. The first-order valence-electron chi connectivity index (χ1n) is 9.78. The Bertz CT molecular complexity index is 1350. The van der Waals surface area contributed by atoms with Crippen molar-refractivity contribution in [2.45, 2.75) is 36.5 Å². The topological polar surface area (TPSA) is 97.0 Å². The second kappa shape index (κ2) is 7.03. The van der Waals surface area contributed by atoms with Gasteiger partial charge < -0.3 is 10.7 Å². The summed E-state index contributed by atoms with van der Waals surface area (Å²) < 4.78 is 55.7. The Balaban J connectivity index is 1.60. The molecule has 6 nitrogen and oxygen atoms in total. The molecule has 32 heavy (non-hydrogen) atoms. The van der Waals surface area contributed by atoms with Gasteiger partial charge in [0.15, 0.2) is 16.8 Å². The molecule has 1 saturated carbocycles. The van der Waals surface area contributed by atoms with Crippen molar-refractivity contribution in [2.75, 3.05) is 0 Å². The first-order chi connectivity index (χ1) is 15.1. The predicted molar refractivity (Wildman–Crippen MR) is 113 cm³/mol. The van der Waals surface area contributed by atoms with Crippen LogP contribution in [0.5, 0.6) is 0 Å². The van der Waals surface area contributed by atoms with Crippen LogP contribution >= 0.6 is 11.8 Å². The number of hydrogen-bond acceptors (Lipinski definition) is 6. The number of nitrogens with one attached hydrogen (secondary N) is 1. The standard InChI is InChI=1S/C21H17F4N5OS/c1-20(14-7-21(14,18(24)25)32-19(26)30-20)10-4-9(5-11(22)16(10)23)6-13-17-12(2-3-27-13)29-15(31)8-28-17/h2-5,8,14,18H,6-7H2,1H3,(H2,26,30)(H,29,31)/t14-,20+,21-/m0/s1. The third-order valence-corrected chi connectivity index (χ3v) is 7.52. The van der Waals surface area contributed by atoms with Gasteiger partial charge >= 0.3 is 0 Å². The Morgan fingerprint density at radius 3 is 2.84 bits per heavy atom. The fourth-order valence-corrected chi connectivity index (χ4v) is 5.91. The van der Waals surface area contributed by atoms with E-state index in [1.54, 1.807) is 6.07 Å². The van der Waals surface area contributed by atoms with Crippen LogP contribution in [0.15, 0.2) is 40.4 Å². The number of thioether (sulfide) groups is 1. The summed E-state index contributed by atoms with van der Waals surface area (Å²) in [5.74, 6) is -2.93. The second-order valence-corrected chi connectivity index (χ2v) is 9.61. The lowest BCUT2D eigenvalue weighted by Crippen LogP contribution is -2.39. The first-order valence-corrected chi connectivity index (χ1v) is 10.6. The Hall–Kier alpha value is -2.95. The fraction of sp³-hybridized carbons (Fsp3) is 0.333. The summed E-state index contributed by atoms with van der Waals surface area (Å²) in [5.41, 5.74) is 5.58. The molecule has 3 N–H and O–H groups in total. The monoisotopic (exact) mass is 463 g/mol. The van der Waals surface area contributed by atoms with E-state index in [4.69, 9.17) is 5.73 Å². The van der Waals surface area contributed by atoms with E-state index < -0.39 is 34.3 Å². The summed E-state index contributed by atoms with van der Waals surface area (Å²) in [4.78, 5) is 26.8. The molecule has 3 heterocycles. The minimum absolute atomic E-state index is 0.0735. The average molecular weight is 463 g/mol. The number of pyridine rings is 1. The van der Waals surface area contributed by atoms with Crippen LogP contribution in [0.1, 0.15) is 30.2 Å². The van der Waals surface area contributed by atoms with Crippen molar-refractivity contribution in [3.05, 3.63) is 69.4 Å². The zero-order valence-electron chi connectivity index (χ0n) is 16.7. The largest absolute Gasteiger partial charge is 0.378 e. The van der Waals surface area contributed by atoms with Crippen molar-refractivity contribution in [3.8, 4) is 0 Å². The maximum Gasteiger partial charge on any atom is 0.266 e. The van der Waals surface area contributed by atoms with Crippen LogP contribution in [-0.2, 0) is 12.0 Å². The number of aromatic nitrogens is 3. The number of fused-ring (bicyclic) bond motifs is 2.